The molecule has 0 saturated carbocycles. The van der Waals surface area contributed by atoms with Crippen LogP contribution in [0.4, 0.5) is 20.2 Å². The first-order valence-corrected chi connectivity index (χ1v) is 5.45. The second kappa shape index (κ2) is 5.31. The molecule has 0 aliphatic rings. The molecule has 1 rings (SSSR count). The smallest absolute Gasteiger partial charge is 0.151 e. The predicted molar refractivity (Wildman–Crippen MR) is 64.7 cm³/mol. The van der Waals surface area contributed by atoms with E-state index in [4.69, 9.17) is 10.8 Å². The molecule has 5 heteroatoms. The van der Waals surface area contributed by atoms with E-state index in [9.17, 15) is 8.78 Å². The van der Waals surface area contributed by atoms with Gasteiger partial charge >= 0.3 is 0 Å². The zero-order valence-electron chi connectivity index (χ0n) is 10.1. The van der Waals surface area contributed by atoms with E-state index >= 15 is 0 Å². The molecular formula is C12H18F2N2O. The van der Waals surface area contributed by atoms with E-state index < -0.39 is 11.6 Å². The highest BCUT2D eigenvalue weighted by Gasteiger charge is 2.19. The average molecular weight is 244 g/mol. The van der Waals surface area contributed by atoms with Gasteiger partial charge in [-0.25, -0.2) is 8.78 Å². The molecule has 0 atom stereocenters. The van der Waals surface area contributed by atoms with Crippen LogP contribution in [0.2, 0.25) is 0 Å². The summed E-state index contributed by atoms with van der Waals surface area (Å²) in [5.41, 5.74) is 4.96. The van der Waals surface area contributed by atoms with Gasteiger partial charge in [0.05, 0.1) is 0 Å². The molecule has 0 aliphatic carbocycles. The number of rotatable bonds is 5. The predicted octanol–water partition coefficient (Wildman–Crippen LogP) is 2.37. The van der Waals surface area contributed by atoms with E-state index in [0.29, 0.717) is 13.0 Å². The minimum atomic E-state index is -0.706. The van der Waals surface area contributed by atoms with E-state index in [-0.39, 0.29) is 23.4 Å². The lowest BCUT2D eigenvalue weighted by molar-refractivity contribution is 0.220. The van der Waals surface area contributed by atoms with Crippen LogP contribution in [-0.4, -0.2) is 18.3 Å². The van der Waals surface area contributed by atoms with Gasteiger partial charge in [-0.05, 0) is 24.0 Å². The molecule has 0 heterocycles. The molecule has 0 saturated heterocycles. The Labute approximate surface area is 99.6 Å². The monoisotopic (exact) mass is 244 g/mol. The number of nitrogen functional groups attached to an aromatic ring is 1. The molecule has 0 radical (unpaired) electrons. The van der Waals surface area contributed by atoms with E-state index in [2.05, 4.69) is 5.32 Å². The fourth-order valence-electron chi connectivity index (χ4n) is 1.48. The molecule has 96 valence electrons. The van der Waals surface area contributed by atoms with E-state index in [1.807, 2.05) is 13.8 Å². The lowest BCUT2D eigenvalue weighted by atomic mass is 9.89. The number of hydrogen-bond acceptors (Lipinski definition) is 3. The minimum Gasteiger partial charge on any atom is -0.399 e. The minimum absolute atomic E-state index is 0.0430. The van der Waals surface area contributed by atoms with Gasteiger partial charge in [0.1, 0.15) is 5.69 Å². The van der Waals surface area contributed by atoms with Crippen LogP contribution in [0.15, 0.2) is 12.1 Å². The van der Waals surface area contributed by atoms with Crippen molar-refractivity contribution in [2.24, 2.45) is 5.41 Å². The van der Waals surface area contributed by atoms with Crippen molar-refractivity contribution >= 4 is 11.4 Å². The lowest BCUT2D eigenvalue weighted by Gasteiger charge is -2.24. The molecule has 4 N–H and O–H groups in total. The second-order valence-electron chi connectivity index (χ2n) is 4.85. The highest BCUT2D eigenvalue weighted by Crippen LogP contribution is 2.25. The number of benzene rings is 1. The van der Waals surface area contributed by atoms with Crippen molar-refractivity contribution in [2.75, 3.05) is 24.2 Å². The first-order valence-electron chi connectivity index (χ1n) is 5.45. The first-order chi connectivity index (χ1) is 7.85. The van der Waals surface area contributed by atoms with E-state index in [1.54, 1.807) is 0 Å². The summed E-state index contributed by atoms with van der Waals surface area (Å²) in [5, 5.41) is 11.6. The Bertz CT molecular complexity index is 371. The number of nitrogens with two attached hydrogens (primary N) is 1. The van der Waals surface area contributed by atoms with Crippen LogP contribution in [0.25, 0.3) is 0 Å². The van der Waals surface area contributed by atoms with Gasteiger partial charge in [-0.3, -0.25) is 0 Å². The van der Waals surface area contributed by atoms with Crippen LogP contribution in [0.3, 0.4) is 0 Å². The fourth-order valence-corrected chi connectivity index (χ4v) is 1.48. The third-order valence-electron chi connectivity index (χ3n) is 2.60. The molecule has 0 amide bonds. The Balaban J connectivity index is 2.76. The highest BCUT2D eigenvalue weighted by molar-refractivity contribution is 5.54. The van der Waals surface area contributed by atoms with Crippen LogP contribution < -0.4 is 11.1 Å². The average Bonchev–Trinajstić information content (AvgIpc) is 2.15. The SMILES string of the molecule is CC(C)(CCO)CNc1c(F)cc(N)cc1F. The van der Waals surface area contributed by atoms with Crippen molar-refractivity contribution in [1.82, 2.24) is 0 Å². The van der Waals surface area contributed by atoms with Gasteiger partial charge in [-0.1, -0.05) is 13.8 Å². The van der Waals surface area contributed by atoms with Gasteiger partial charge in [-0.2, -0.15) is 0 Å². The zero-order chi connectivity index (χ0) is 13.1. The molecular weight excluding hydrogens is 226 g/mol. The van der Waals surface area contributed by atoms with Crippen molar-refractivity contribution in [2.45, 2.75) is 20.3 Å². The number of nitrogens with one attached hydrogen (secondary N) is 1. The van der Waals surface area contributed by atoms with Crippen LogP contribution in [0, 0.1) is 17.0 Å². The fraction of sp³-hybridized carbons (Fsp3) is 0.500. The van der Waals surface area contributed by atoms with Crippen molar-refractivity contribution in [3.05, 3.63) is 23.8 Å². The number of halogens is 2. The quantitative estimate of drug-likeness (QED) is 0.697. The van der Waals surface area contributed by atoms with Crippen molar-refractivity contribution in [3.63, 3.8) is 0 Å². The third-order valence-corrected chi connectivity index (χ3v) is 2.60. The maximum atomic E-state index is 13.4. The van der Waals surface area contributed by atoms with Crippen LogP contribution in [0.1, 0.15) is 20.3 Å². The molecule has 0 fully saturated rings. The number of aliphatic hydroxyl groups excluding tert-OH is 1. The van der Waals surface area contributed by atoms with Gasteiger partial charge in [0.15, 0.2) is 11.6 Å². The summed E-state index contributed by atoms with van der Waals surface area (Å²) in [7, 11) is 0. The van der Waals surface area contributed by atoms with Crippen LogP contribution in [0.5, 0.6) is 0 Å². The van der Waals surface area contributed by atoms with Gasteiger partial charge in [0.25, 0.3) is 0 Å². The summed E-state index contributed by atoms with van der Waals surface area (Å²) in [5.74, 6) is -1.41. The van der Waals surface area contributed by atoms with Crippen LogP contribution >= 0.6 is 0 Å². The van der Waals surface area contributed by atoms with Crippen molar-refractivity contribution in [3.8, 4) is 0 Å². The number of aliphatic hydroxyl groups is 1. The molecule has 0 unspecified atom stereocenters. The summed E-state index contributed by atoms with van der Waals surface area (Å²) in [6, 6.07) is 2.15. The molecule has 3 nitrogen and oxygen atoms in total. The van der Waals surface area contributed by atoms with E-state index in [0.717, 1.165) is 12.1 Å². The molecule has 1 aromatic rings. The number of hydrogen-bond donors (Lipinski definition) is 3. The van der Waals surface area contributed by atoms with Gasteiger partial charge in [-0.15, -0.1) is 0 Å². The van der Waals surface area contributed by atoms with Crippen LogP contribution in [-0.2, 0) is 0 Å². The highest BCUT2D eigenvalue weighted by atomic mass is 19.1. The Hall–Kier alpha value is -1.36. The van der Waals surface area contributed by atoms with Gasteiger partial charge in [0.2, 0.25) is 0 Å². The largest absolute Gasteiger partial charge is 0.399 e. The standard InChI is InChI=1S/C12H18F2N2O/c1-12(2,3-4-17)7-16-11-9(13)5-8(15)6-10(11)14/h5-6,16-17H,3-4,7,15H2,1-2H3. The normalized spacial score (nSPS) is 11.6. The maximum absolute atomic E-state index is 13.4. The molecule has 17 heavy (non-hydrogen) atoms. The topological polar surface area (TPSA) is 58.3 Å². The van der Waals surface area contributed by atoms with Crippen molar-refractivity contribution < 1.29 is 13.9 Å². The molecule has 0 aromatic heterocycles. The van der Waals surface area contributed by atoms with Crippen molar-refractivity contribution in [1.29, 1.82) is 0 Å². The van der Waals surface area contributed by atoms with Gasteiger partial charge in [0, 0.05) is 18.8 Å². The Kier molecular flexibility index (Phi) is 4.28. The summed E-state index contributed by atoms with van der Waals surface area (Å²) >= 11 is 0. The maximum Gasteiger partial charge on any atom is 0.151 e. The second-order valence-corrected chi connectivity index (χ2v) is 4.85. The summed E-state index contributed by atoms with van der Waals surface area (Å²) < 4.78 is 26.9. The Morgan fingerprint density at radius 3 is 2.29 bits per heavy atom. The molecule has 0 aliphatic heterocycles. The number of anilines is 2. The zero-order valence-corrected chi connectivity index (χ0v) is 10.1. The molecule has 1 aromatic carbocycles. The Morgan fingerprint density at radius 1 is 1.29 bits per heavy atom. The Morgan fingerprint density at radius 2 is 1.82 bits per heavy atom. The first kappa shape index (κ1) is 13.7. The lowest BCUT2D eigenvalue weighted by Crippen LogP contribution is -2.25. The summed E-state index contributed by atoms with van der Waals surface area (Å²) in [4.78, 5) is 0. The van der Waals surface area contributed by atoms with E-state index in [1.165, 1.54) is 0 Å². The molecule has 0 bridgehead atoms. The third kappa shape index (κ3) is 3.85. The summed E-state index contributed by atoms with van der Waals surface area (Å²) in [6.07, 6.45) is 0.554. The van der Waals surface area contributed by atoms with Gasteiger partial charge < -0.3 is 16.2 Å². The molecule has 0 spiro atoms. The summed E-state index contributed by atoms with van der Waals surface area (Å²) in [6.45, 7) is 4.22.